The Kier molecular flexibility index (Phi) is 7.32. The highest BCUT2D eigenvalue weighted by Crippen LogP contribution is 2.42. The predicted octanol–water partition coefficient (Wildman–Crippen LogP) is 11.1. The van der Waals surface area contributed by atoms with Gasteiger partial charge in [-0.05, 0) is 114 Å². The van der Waals surface area contributed by atoms with Crippen molar-refractivity contribution < 1.29 is 0 Å². The molecule has 0 atom stereocenters. The molecule has 53 heavy (non-hydrogen) atoms. The van der Waals surface area contributed by atoms with E-state index in [1.807, 2.05) is 24.5 Å². The molecule has 0 bridgehead atoms. The molecule has 10 rings (SSSR count). The highest BCUT2D eigenvalue weighted by atomic mass is 15.1. The van der Waals surface area contributed by atoms with Crippen molar-refractivity contribution in [2.24, 2.45) is 0 Å². The van der Waals surface area contributed by atoms with Crippen molar-refractivity contribution in [1.29, 1.82) is 0 Å². The van der Waals surface area contributed by atoms with Crippen LogP contribution in [0.25, 0.3) is 66.6 Å². The van der Waals surface area contributed by atoms with E-state index in [1.165, 1.54) is 34.3 Å². The third-order valence-electron chi connectivity index (χ3n) is 9.90. The summed E-state index contributed by atoms with van der Waals surface area (Å²) in [6.45, 7) is 0. The number of hydrogen-bond acceptors (Lipinski definition) is 5. The summed E-state index contributed by atoms with van der Waals surface area (Å²) in [5.74, 6) is 0.641. The molecule has 7 heteroatoms. The number of benzene rings is 6. The first-order chi connectivity index (χ1) is 26.3. The monoisotopic (exact) mass is 681 g/mol. The zero-order valence-electron chi connectivity index (χ0n) is 28.5. The van der Waals surface area contributed by atoms with Gasteiger partial charge in [-0.1, -0.05) is 54.6 Å². The molecule has 0 aliphatic rings. The standard InChI is InChI=1S/C46H31N7/c1-3-7-35(8-4-1)51-28-25-41-43(51)22-20-40-42-29-39(19-21-44(42)53(45(40)41)36-9-5-2-6-10-36)52(37-15-11-32(12-16-37)33-23-26-47-27-24-33)38-17-13-34(14-18-38)46-49-30-48-31-50-46/h1-31H. The number of para-hydroxylation sites is 2. The van der Waals surface area contributed by atoms with Gasteiger partial charge in [0.25, 0.3) is 0 Å². The maximum atomic E-state index is 4.36. The van der Waals surface area contributed by atoms with Gasteiger partial charge in [0, 0.05) is 68.7 Å². The first-order valence-corrected chi connectivity index (χ1v) is 17.5. The molecule has 0 N–H and O–H groups in total. The number of fused-ring (bicyclic) bond motifs is 5. The average Bonchev–Trinajstić information content (AvgIpc) is 3.82. The third-order valence-corrected chi connectivity index (χ3v) is 9.90. The highest BCUT2D eigenvalue weighted by Gasteiger charge is 2.20. The van der Waals surface area contributed by atoms with E-state index < -0.39 is 0 Å². The second-order valence-electron chi connectivity index (χ2n) is 12.9. The van der Waals surface area contributed by atoms with Crippen LogP contribution >= 0.6 is 0 Å². The number of pyridine rings is 1. The normalized spacial score (nSPS) is 11.4. The van der Waals surface area contributed by atoms with Crippen molar-refractivity contribution in [1.82, 2.24) is 29.1 Å². The Morgan fingerprint density at radius 2 is 1.04 bits per heavy atom. The average molecular weight is 682 g/mol. The second-order valence-corrected chi connectivity index (χ2v) is 12.9. The van der Waals surface area contributed by atoms with Crippen molar-refractivity contribution in [2.45, 2.75) is 0 Å². The fraction of sp³-hybridized carbons (Fsp3) is 0. The molecule has 4 heterocycles. The maximum Gasteiger partial charge on any atom is 0.162 e. The quantitative estimate of drug-likeness (QED) is 0.167. The van der Waals surface area contributed by atoms with Crippen LogP contribution in [0.15, 0.2) is 189 Å². The zero-order valence-corrected chi connectivity index (χ0v) is 28.5. The number of aromatic nitrogens is 6. The van der Waals surface area contributed by atoms with Crippen LogP contribution in [0.5, 0.6) is 0 Å². The zero-order chi connectivity index (χ0) is 35.1. The maximum absolute atomic E-state index is 4.36. The van der Waals surface area contributed by atoms with Gasteiger partial charge in [-0.3, -0.25) is 4.98 Å². The number of hydrogen-bond donors (Lipinski definition) is 0. The van der Waals surface area contributed by atoms with Crippen molar-refractivity contribution >= 4 is 49.8 Å². The van der Waals surface area contributed by atoms with Crippen molar-refractivity contribution in [3.05, 3.63) is 189 Å². The summed E-state index contributed by atoms with van der Waals surface area (Å²) >= 11 is 0. The molecule has 0 saturated heterocycles. The minimum Gasteiger partial charge on any atom is -0.316 e. The number of anilines is 3. The van der Waals surface area contributed by atoms with E-state index in [0.717, 1.165) is 56.2 Å². The van der Waals surface area contributed by atoms with Crippen molar-refractivity contribution in [3.8, 4) is 33.9 Å². The Hall–Kier alpha value is -7.38. The van der Waals surface area contributed by atoms with E-state index in [1.54, 1.807) is 0 Å². The number of nitrogens with zero attached hydrogens (tertiary/aromatic N) is 7. The topological polar surface area (TPSA) is 64.7 Å². The fourth-order valence-corrected chi connectivity index (χ4v) is 7.46. The molecule has 6 aromatic carbocycles. The van der Waals surface area contributed by atoms with Gasteiger partial charge in [0.1, 0.15) is 12.7 Å². The van der Waals surface area contributed by atoms with Gasteiger partial charge in [0.15, 0.2) is 5.82 Å². The Morgan fingerprint density at radius 3 is 1.74 bits per heavy atom. The molecule has 0 saturated carbocycles. The molecule has 7 nitrogen and oxygen atoms in total. The van der Waals surface area contributed by atoms with Crippen LogP contribution in [0, 0.1) is 0 Å². The van der Waals surface area contributed by atoms with Crippen LogP contribution < -0.4 is 4.90 Å². The Labute approximate surface area is 305 Å². The summed E-state index contributed by atoms with van der Waals surface area (Å²) in [7, 11) is 0. The van der Waals surface area contributed by atoms with Crippen LogP contribution in [-0.4, -0.2) is 29.1 Å². The molecular formula is C46H31N7. The Balaban J connectivity index is 1.17. The minimum atomic E-state index is 0.641. The van der Waals surface area contributed by atoms with Gasteiger partial charge in [-0.25, -0.2) is 15.0 Å². The summed E-state index contributed by atoms with van der Waals surface area (Å²) in [6.07, 6.45) is 8.89. The summed E-state index contributed by atoms with van der Waals surface area (Å²) in [5, 5.41) is 3.57. The van der Waals surface area contributed by atoms with Crippen LogP contribution in [0.3, 0.4) is 0 Å². The lowest BCUT2D eigenvalue weighted by Gasteiger charge is -2.26. The van der Waals surface area contributed by atoms with Gasteiger partial charge >= 0.3 is 0 Å². The van der Waals surface area contributed by atoms with Crippen LogP contribution in [0.4, 0.5) is 17.1 Å². The second kappa shape index (κ2) is 12.7. The summed E-state index contributed by atoms with van der Waals surface area (Å²) in [6, 6.07) is 55.9. The highest BCUT2D eigenvalue weighted by molar-refractivity contribution is 6.19. The molecule has 4 aromatic heterocycles. The van der Waals surface area contributed by atoms with Crippen molar-refractivity contribution in [3.63, 3.8) is 0 Å². The molecule has 0 radical (unpaired) electrons. The lowest BCUT2D eigenvalue weighted by Crippen LogP contribution is -2.10. The van der Waals surface area contributed by atoms with E-state index in [0.29, 0.717) is 5.82 Å². The predicted molar refractivity (Wildman–Crippen MR) is 214 cm³/mol. The van der Waals surface area contributed by atoms with E-state index in [2.05, 4.69) is 186 Å². The summed E-state index contributed by atoms with van der Waals surface area (Å²) < 4.78 is 4.68. The molecule has 10 aromatic rings. The molecule has 0 aliphatic heterocycles. The molecule has 0 spiro atoms. The van der Waals surface area contributed by atoms with E-state index in [4.69, 9.17) is 0 Å². The number of rotatable bonds is 7. The first-order valence-electron chi connectivity index (χ1n) is 17.5. The molecule has 250 valence electrons. The summed E-state index contributed by atoms with van der Waals surface area (Å²) in [5.41, 5.74) is 12.1. The molecule has 0 fully saturated rings. The van der Waals surface area contributed by atoms with Gasteiger partial charge in [0.2, 0.25) is 0 Å². The Bertz CT molecular complexity index is 2770. The molecular weight excluding hydrogens is 651 g/mol. The third kappa shape index (κ3) is 5.30. The van der Waals surface area contributed by atoms with Crippen LogP contribution in [-0.2, 0) is 0 Å². The molecule has 0 amide bonds. The first kappa shape index (κ1) is 30.4. The largest absolute Gasteiger partial charge is 0.316 e. The van der Waals surface area contributed by atoms with E-state index >= 15 is 0 Å². The van der Waals surface area contributed by atoms with E-state index in [-0.39, 0.29) is 0 Å². The van der Waals surface area contributed by atoms with Crippen LogP contribution in [0.2, 0.25) is 0 Å². The molecule has 0 aliphatic carbocycles. The van der Waals surface area contributed by atoms with Crippen molar-refractivity contribution in [2.75, 3.05) is 4.90 Å². The van der Waals surface area contributed by atoms with Crippen LogP contribution in [0.1, 0.15) is 0 Å². The summed E-state index contributed by atoms with van der Waals surface area (Å²) in [4.78, 5) is 19.2. The smallest absolute Gasteiger partial charge is 0.162 e. The SMILES string of the molecule is c1ccc(-n2ccc3c2ccc2c4cc(N(c5ccc(-c6ccncc6)cc5)c5ccc(-c6ncncn6)cc5)ccc4n(-c4ccccc4)c23)cc1. The minimum absolute atomic E-state index is 0.641. The van der Waals surface area contributed by atoms with E-state index in [9.17, 15) is 0 Å². The lowest BCUT2D eigenvalue weighted by molar-refractivity contribution is 1.06. The van der Waals surface area contributed by atoms with Gasteiger partial charge in [-0.2, -0.15) is 0 Å². The Morgan fingerprint density at radius 1 is 0.434 bits per heavy atom. The van der Waals surface area contributed by atoms with Gasteiger partial charge in [-0.15, -0.1) is 0 Å². The fourth-order valence-electron chi connectivity index (χ4n) is 7.46. The molecule has 0 unspecified atom stereocenters. The van der Waals surface area contributed by atoms with Gasteiger partial charge < -0.3 is 14.0 Å². The van der Waals surface area contributed by atoms with Gasteiger partial charge in [0.05, 0.1) is 16.6 Å². The lowest BCUT2D eigenvalue weighted by atomic mass is 10.1.